The van der Waals surface area contributed by atoms with Crippen molar-refractivity contribution in [2.24, 2.45) is 0 Å². The van der Waals surface area contributed by atoms with Crippen LogP contribution >= 0.6 is 23.8 Å². The summed E-state index contributed by atoms with van der Waals surface area (Å²) in [5, 5.41) is 0.110. The fourth-order valence-electron chi connectivity index (χ4n) is 1.92. The van der Waals surface area contributed by atoms with Crippen LogP contribution in [-0.2, 0) is 6.54 Å². The number of nitrogens with one attached hydrogen (secondary N) is 1. The van der Waals surface area contributed by atoms with Crippen LogP contribution in [0.5, 0.6) is 0 Å². The maximum absolute atomic E-state index is 13.5. The molecule has 0 fully saturated rings. The van der Waals surface area contributed by atoms with Crippen LogP contribution in [0.4, 0.5) is 4.39 Å². The molecule has 3 nitrogen and oxygen atoms in total. The highest BCUT2D eigenvalue weighted by atomic mass is 35.5. The Morgan fingerprint density at radius 3 is 2.83 bits per heavy atom. The van der Waals surface area contributed by atoms with Crippen LogP contribution in [0.3, 0.4) is 0 Å². The van der Waals surface area contributed by atoms with Gasteiger partial charge in [-0.15, -0.1) is 0 Å². The van der Waals surface area contributed by atoms with Gasteiger partial charge in [-0.25, -0.2) is 4.39 Å². The van der Waals surface area contributed by atoms with Crippen molar-refractivity contribution in [3.05, 3.63) is 27.7 Å². The summed E-state index contributed by atoms with van der Waals surface area (Å²) in [6, 6.07) is 3.00. The van der Waals surface area contributed by atoms with E-state index < -0.39 is 5.82 Å². The molecule has 6 heteroatoms. The van der Waals surface area contributed by atoms with Crippen LogP contribution in [0.15, 0.2) is 12.1 Å². The number of hydrogen-bond donors (Lipinski definition) is 1. The largest absolute Gasteiger partial charge is 0.331 e. The Balaban J connectivity index is 2.35. The number of hydrogen-bond acceptors (Lipinski definition) is 2. The van der Waals surface area contributed by atoms with E-state index in [1.54, 1.807) is 6.07 Å². The predicted molar refractivity (Wildman–Crippen MR) is 75.3 cm³/mol. The molecule has 0 saturated carbocycles. The molecule has 0 unspecified atom stereocenters. The smallest absolute Gasteiger partial charge is 0.178 e. The van der Waals surface area contributed by atoms with Gasteiger partial charge in [0.15, 0.2) is 4.77 Å². The first-order valence-corrected chi connectivity index (χ1v) is 6.50. The van der Waals surface area contributed by atoms with Crippen molar-refractivity contribution in [2.75, 3.05) is 20.6 Å². The number of fused-ring (bicyclic) bond motifs is 1. The van der Waals surface area contributed by atoms with Gasteiger partial charge in [-0.2, -0.15) is 0 Å². The molecule has 0 radical (unpaired) electrons. The lowest BCUT2D eigenvalue weighted by Gasteiger charge is -2.10. The summed E-state index contributed by atoms with van der Waals surface area (Å²) in [4.78, 5) is 5.15. The molecule has 1 N–H and O–H groups in total. The van der Waals surface area contributed by atoms with Crippen LogP contribution in [0.25, 0.3) is 11.0 Å². The van der Waals surface area contributed by atoms with Gasteiger partial charge in [-0.05, 0) is 45.3 Å². The first kappa shape index (κ1) is 13.5. The Hall–Kier alpha value is -0.910. The lowest BCUT2D eigenvalue weighted by molar-refractivity contribution is 0.387. The van der Waals surface area contributed by atoms with Gasteiger partial charge in [0.1, 0.15) is 5.82 Å². The molecular formula is C12H15ClFN3S. The minimum absolute atomic E-state index is 0.110. The lowest BCUT2D eigenvalue weighted by Crippen LogP contribution is -2.15. The molecule has 1 heterocycles. The van der Waals surface area contributed by atoms with Gasteiger partial charge in [0.25, 0.3) is 0 Å². The van der Waals surface area contributed by atoms with E-state index in [-0.39, 0.29) is 5.02 Å². The van der Waals surface area contributed by atoms with Crippen molar-refractivity contribution in [2.45, 2.75) is 13.0 Å². The number of aromatic nitrogens is 2. The van der Waals surface area contributed by atoms with Gasteiger partial charge in [-0.3, -0.25) is 0 Å². The van der Waals surface area contributed by atoms with Gasteiger partial charge in [0.05, 0.1) is 16.1 Å². The molecule has 0 amide bonds. The maximum atomic E-state index is 13.5. The number of benzene rings is 1. The molecule has 2 aromatic rings. The van der Waals surface area contributed by atoms with E-state index in [9.17, 15) is 4.39 Å². The van der Waals surface area contributed by atoms with Gasteiger partial charge >= 0.3 is 0 Å². The minimum atomic E-state index is -0.417. The van der Waals surface area contributed by atoms with E-state index in [4.69, 9.17) is 23.8 Å². The molecular weight excluding hydrogens is 273 g/mol. The fourth-order valence-corrected chi connectivity index (χ4v) is 2.38. The van der Waals surface area contributed by atoms with Crippen molar-refractivity contribution in [3.63, 3.8) is 0 Å². The molecule has 0 aliphatic rings. The summed E-state index contributed by atoms with van der Waals surface area (Å²) in [7, 11) is 4.04. The second-order valence-electron chi connectivity index (χ2n) is 4.52. The summed E-state index contributed by atoms with van der Waals surface area (Å²) in [6.45, 7) is 1.72. The zero-order valence-electron chi connectivity index (χ0n) is 10.3. The molecule has 0 atom stereocenters. The number of rotatable bonds is 4. The zero-order chi connectivity index (χ0) is 13.3. The Bertz CT molecular complexity index is 618. The highest BCUT2D eigenvalue weighted by molar-refractivity contribution is 7.71. The Labute approximate surface area is 115 Å². The summed E-state index contributed by atoms with van der Waals surface area (Å²) in [5.74, 6) is -0.417. The van der Waals surface area contributed by atoms with Gasteiger partial charge in [0, 0.05) is 12.6 Å². The van der Waals surface area contributed by atoms with Gasteiger partial charge in [0.2, 0.25) is 0 Å². The average Bonchev–Trinajstić information content (AvgIpc) is 2.56. The van der Waals surface area contributed by atoms with Crippen LogP contribution in [-0.4, -0.2) is 35.1 Å². The third kappa shape index (κ3) is 2.74. The van der Waals surface area contributed by atoms with Gasteiger partial charge in [-0.1, -0.05) is 11.6 Å². The number of aromatic amines is 1. The third-order valence-electron chi connectivity index (χ3n) is 2.80. The second-order valence-corrected chi connectivity index (χ2v) is 5.32. The topological polar surface area (TPSA) is 24.0 Å². The average molecular weight is 288 g/mol. The number of imidazole rings is 1. The van der Waals surface area contributed by atoms with Crippen molar-refractivity contribution in [3.8, 4) is 0 Å². The fraction of sp³-hybridized carbons (Fsp3) is 0.417. The van der Waals surface area contributed by atoms with E-state index in [0.717, 1.165) is 30.5 Å². The third-order valence-corrected chi connectivity index (χ3v) is 3.42. The summed E-state index contributed by atoms with van der Waals surface area (Å²) < 4.78 is 16.0. The van der Waals surface area contributed by atoms with Gasteiger partial charge < -0.3 is 14.5 Å². The first-order chi connectivity index (χ1) is 8.49. The molecule has 0 aliphatic heterocycles. The first-order valence-electron chi connectivity index (χ1n) is 5.71. The Morgan fingerprint density at radius 2 is 2.17 bits per heavy atom. The minimum Gasteiger partial charge on any atom is -0.331 e. The summed E-state index contributed by atoms with van der Waals surface area (Å²) in [5.41, 5.74) is 1.54. The molecule has 0 bridgehead atoms. The number of halogens is 2. The predicted octanol–water partition coefficient (Wildman–Crippen LogP) is 3.44. The van der Waals surface area contributed by atoms with Crippen molar-refractivity contribution >= 4 is 34.9 Å². The number of aryl methyl sites for hydroxylation is 1. The van der Waals surface area contributed by atoms with Crippen LogP contribution in [0.1, 0.15) is 6.42 Å². The van der Waals surface area contributed by atoms with E-state index >= 15 is 0 Å². The number of H-pyrrole nitrogens is 1. The standard InChI is InChI=1S/C12H15ClFN3S/c1-16(2)4-3-5-17-11-7-9(14)8(13)6-10(11)15-12(17)18/h6-7H,3-5H2,1-2H3,(H,15,18). The molecule has 98 valence electrons. The summed E-state index contributed by atoms with van der Waals surface area (Å²) >= 11 is 11.0. The highest BCUT2D eigenvalue weighted by Crippen LogP contribution is 2.22. The lowest BCUT2D eigenvalue weighted by atomic mass is 10.3. The molecule has 0 aliphatic carbocycles. The second kappa shape index (κ2) is 5.38. The zero-order valence-corrected chi connectivity index (χ0v) is 11.9. The van der Waals surface area contributed by atoms with E-state index in [0.29, 0.717) is 4.77 Å². The van der Waals surface area contributed by atoms with Crippen molar-refractivity contribution in [1.82, 2.24) is 14.5 Å². The van der Waals surface area contributed by atoms with Crippen LogP contribution in [0.2, 0.25) is 5.02 Å². The normalized spacial score (nSPS) is 11.6. The molecule has 18 heavy (non-hydrogen) atoms. The van der Waals surface area contributed by atoms with Crippen molar-refractivity contribution < 1.29 is 4.39 Å². The molecule has 2 rings (SSSR count). The Kier molecular flexibility index (Phi) is 4.04. The monoisotopic (exact) mass is 287 g/mol. The highest BCUT2D eigenvalue weighted by Gasteiger charge is 2.08. The Morgan fingerprint density at radius 1 is 1.44 bits per heavy atom. The molecule has 0 spiro atoms. The van der Waals surface area contributed by atoms with Crippen LogP contribution in [0, 0.1) is 10.6 Å². The van der Waals surface area contributed by atoms with Crippen molar-refractivity contribution in [1.29, 1.82) is 0 Å². The maximum Gasteiger partial charge on any atom is 0.178 e. The van der Waals surface area contributed by atoms with E-state index in [1.165, 1.54) is 6.07 Å². The number of nitrogens with zero attached hydrogens (tertiary/aromatic N) is 2. The van der Waals surface area contributed by atoms with Crippen LogP contribution < -0.4 is 0 Å². The summed E-state index contributed by atoms with van der Waals surface area (Å²) in [6.07, 6.45) is 0.957. The molecule has 0 saturated heterocycles. The SMILES string of the molecule is CN(C)CCCn1c(=S)[nH]c2cc(Cl)c(F)cc21. The van der Waals surface area contributed by atoms with E-state index in [2.05, 4.69) is 9.88 Å². The van der Waals surface area contributed by atoms with E-state index in [1.807, 2.05) is 18.7 Å². The molecule has 1 aromatic carbocycles. The quantitative estimate of drug-likeness (QED) is 0.871. The molecule has 1 aromatic heterocycles.